The molecule has 0 radical (unpaired) electrons. The van der Waals surface area contributed by atoms with Crippen LogP contribution in [0, 0.1) is 0 Å². The van der Waals surface area contributed by atoms with Crippen molar-refractivity contribution in [2.24, 2.45) is 0 Å². The Morgan fingerprint density at radius 3 is 2.76 bits per heavy atom. The quantitative estimate of drug-likeness (QED) is 0.838. The summed E-state index contributed by atoms with van der Waals surface area (Å²) in [5, 5.41) is 0. The lowest BCUT2D eigenvalue weighted by Crippen LogP contribution is -2.40. The van der Waals surface area contributed by atoms with Gasteiger partial charge < -0.3 is 14.4 Å². The maximum absolute atomic E-state index is 12.3. The number of carbonyl (C=O) groups excluding carboxylic acids is 1. The van der Waals surface area contributed by atoms with Gasteiger partial charge in [-0.1, -0.05) is 15.9 Å². The molecule has 1 aromatic rings. The molecular weight excluding hydrogens is 286 g/mol. The van der Waals surface area contributed by atoms with Crippen molar-refractivity contribution < 1.29 is 14.3 Å². The summed E-state index contributed by atoms with van der Waals surface area (Å²) in [7, 11) is 1.57. The first-order chi connectivity index (χ1) is 8.22. The van der Waals surface area contributed by atoms with Gasteiger partial charge in [0.15, 0.2) is 0 Å². The van der Waals surface area contributed by atoms with Crippen LogP contribution in [0.3, 0.4) is 0 Å². The van der Waals surface area contributed by atoms with Crippen LogP contribution >= 0.6 is 15.9 Å². The van der Waals surface area contributed by atoms with E-state index in [1.54, 1.807) is 24.1 Å². The summed E-state index contributed by atoms with van der Waals surface area (Å²) in [5.41, 5.74) is 0.587. The number of hydrogen-bond donors (Lipinski definition) is 0. The van der Waals surface area contributed by atoms with E-state index < -0.39 is 0 Å². The number of benzene rings is 1. The van der Waals surface area contributed by atoms with E-state index in [4.69, 9.17) is 9.47 Å². The Kier molecular flexibility index (Phi) is 4.02. The van der Waals surface area contributed by atoms with Gasteiger partial charge in [0.25, 0.3) is 5.91 Å². The van der Waals surface area contributed by atoms with Crippen molar-refractivity contribution in [2.75, 3.05) is 33.4 Å². The monoisotopic (exact) mass is 299 g/mol. The smallest absolute Gasteiger partial charge is 0.257 e. The molecule has 0 N–H and O–H groups in total. The van der Waals surface area contributed by atoms with E-state index in [1.165, 1.54) is 0 Å². The summed E-state index contributed by atoms with van der Waals surface area (Å²) in [4.78, 5) is 14.1. The molecule has 1 aromatic carbocycles. The van der Waals surface area contributed by atoms with Gasteiger partial charge in [-0.15, -0.1) is 0 Å². The minimum absolute atomic E-state index is 0.00792. The molecule has 1 aliphatic rings. The third-order valence-corrected chi connectivity index (χ3v) is 3.18. The highest BCUT2D eigenvalue weighted by atomic mass is 79.9. The van der Waals surface area contributed by atoms with Crippen LogP contribution in [0.25, 0.3) is 0 Å². The first-order valence-electron chi connectivity index (χ1n) is 5.43. The first kappa shape index (κ1) is 12.4. The molecule has 1 amide bonds. The molecule has 0 bridgehead atoms. The molecule has 0 atom stereocenters. The first-order valence-corrected chi connectivity index (χ1v) is 6.22. The van der Waals surface area contributed by atoms with Crippen LogP contribution in [-0.2, 0) is 4.74 Å². The van der Waals surface area contributed by atoms with Gasteiger partial charge in [-0.05, 0) is 18.2 Å². The molecule has 17 heavy (non-hydrogen) atoms. The molecular formula is C12H14BrNO3. The molecule has 1 fully saturated rings. The molecule has 0 aromatic heterocycles. The molecule has 0 unspecified atom stereocenters. The minimum Gasteiger partial charge on any atom is -0.496 e. The van der Waals surface area contributed by atoms with Crippen molar-refractivity contribution in [1.82, 2.24) is 4.90 Å². The van der Waals surface area contributed by atoms with Crippen molar-refractivity contribution in [3.05, 3.63) is 28.2 Å². The number of morpholine rings is 1. The predicted molar refractivity (Wildman–Crippen MR) is 67.4 cm³/mol. The number of halogens is 1. The zero-order valence-electron chi connectivity index (χ0n) is 9.61. The number of nitrogens with zero attached hydrogens (tertiary/aromatic N) is 1. The Labute approximate surface area is 109 Å². The second-order valence-electron chi connectivity index (χ2n) is 3.75. The van der Waals surface area contributed by atoms with Gasteiger partial charge in [0.2, 0.25) is 0 Å². The molecule has 0 aliphatic carbocycles. The second-order valence-corrected chi connectivity index (χ2v) is 4.66. The highest BCUT2D eigenvalue weighted by Crippen LogP contribution is 2.24. The van der Waals surface area contributed by atoms with Crippen molar-refractivity contribution in [1.29, 1.82) is 0 Å². The average Bonchev–Trinajstić information content (AvgIpc) is 2.39. The zero-order chi connectivity index (χ0) is 12.3. The summed E-state index contributed by atoms with van der Waals surface area (Å²) in [6, 6.07) is 5.43. The highest BCUT2D eigenvalue weighted by molar-refractivity contribution is 9.10. The molecule has 1 saturated heterocycles. The van der Waals surface area contributed by atoms with Crippen LogP contribution in [-0.4, -0.2) is 44.2 Å². The third kappa shape index (κ3) is 2.79. The Bertz CT molecular complexity index is 416. The Balaban J connectivity index is 2.25. The Hall–Kier alpha value is -1.07. The molecule has 1 heterocycles. The van der Waals surface area contributed by atoms with E-state index >= 15 is 0 Å². The molecule has 1 aliphatic heterocycles. The predicted octanol–water partition coefficient (Wildman–Crippen LogP) is 1.93. The molecule has 2 rings (SSSR count). The summed E-state index contributed by atoms with van der Waals surface area (Å²) in [6.45, 7) is 2.47. The topological polar surface area (TPSA) is 38.8 Å². The highest BCUT2D eigenvalue weighted by Gasteiger charge is 2.21. The molecule has 5 heteroatoms. The number of methoxy groups -OCH3 is 1. The van der Waals surface area contributed by atoms with E-state index in [9.17, 15) is 4.79 Å². The lowest BCUT2D eigenvalue weighted by atomic mass is 10.1. The van der Waals surface area contributed by atoms with Gasteiger partial charge in [0, 0.05) is 17.6 Å². The van der Waals surface area contributed by atoms with E-state index in [0.717, 1.165) is 4.47 Å². The largest absolute Gasteiger partial charge is 0.496 e. The molecule has 4 nitrogen and oxygen atoms in total. The number of hydrogen-bond acceptors (Lipinski definition) is 3. The number of amides is 1. The Morgan fingerprint density at radius 1 is 1.41 bits per heavy atom. The standard InChI is InChI=1S/C12H14BrNO3/c1-16-11-3-2-9(13)8-10(11)12(15)14-4-6-17-7-5-14/h2-3,8H,4-7H2,1H3. The lowest BCUT2D eigenvalue weighted by molar-refractivity contribution is 0.0301. The van der Waals surface area contributed by atoms with Crippen molar-refractivity contribution in [2.45, 2.75) is 0 Å². The maximum Gasteiger partial charge on any atom is 0.257 e. The molecule has 92 valence electrons. The van der Waals surface area contributed by atoms with Crippen LogP contribution in [0.2, 0.25) is 0 Å². The van der Waals surface area contributed by atoms with Gasteiger partial charge in [-0.25, -0.2) is 0 Å². The summed E-state index contributed by atoms with van der Waals surface area (Å²) < 4.78 is 11.3. The molecule has 0 saturated carbocycles. The fraction of sp³-hybridized carbons (Fsp3) is 0.417. The number of rotatable bonds is 2. The van der Waals surface area contributed by atoms with Gasteiger partial charge in [0.1, 0.15) is 5.75 Å². The normalized spacial score (nSPS) is 15.8. The fourth-order valence-electron chi connectivity index (χ4n) is 1.78. The van der Waals surface area contributed by atoms with E-state index in [1.807, 2.05) is 6.07 Å². The van der Waals surface area contributed by atoms with Gasteiger partial charge in [-0.2, -0.15) is 0 Å². The SMILES string of the molecule is COc1ccc(Br)cc1C(=O)N1CCOCC1. The zero-order valence-corrected chi connectivity index (χ0v) is 11.2. The van der Waals surface area contributed by atoms with E-state index in [0.29, 0.717) is 37.6 Å². The average molecular weight is 300 g/mol. The third-order valence-electron chi connectivity index (χ3n) is 2.69. The second kappa shape index (κ2) is 5.51. The lowest BCUT2D eigenvalue weighted by Gasteiger charge is -2.27. The van der Waals surface area contributed by atoms with Crippen LogP contribution in [0.1, 0.15) is 10.4 Å². The van der Waals surface area contributed by atoms with Crippen LogP contribution in [0.15, 0.2) is 22.7 Å². The summed E-state index contributed by atoms with van der Waals surface area (Å²) in [6.07, 6.45) is 0. The Morgan fingerprint density at radius 2 is 2.12 bits per heavy atom. The van der Waals surface area contributed by atoms with Crippen LogP contribution in [0.5, 0.6) is 5.75 Å². The van der Waals surface area contributed by atoms with Crippen molar-refractivity contribution in [3.8, 4) is 5.75 Å². The van der Waals surface area contributed by atoms with Gasteiger partial charge in [0.05, 0.1) is 25.9 Å². The van der Waals surface area contributed by atoms with E-state index in [2.05, 4.69) is 15.9 Å². The van der Waals surface area contributed by atoms with Crippen molar-refractivity contribution >= 4 is 21.8 Å². The number of carbonyl (C=O) groups is 1. The van der Waals surface area contributed by atoms with Gasteiger partial charge >= 0.3 is 0 Å². The maximum atomic E-state index is 12.3. The van der Waals surface area contributed by atoms with E-state index in [-0.39, 0.29) is 5.91 Å². The number of ether oxygens (including phenoxy) is 2. The fourth-order valence-corrected chi connectivity index (χ4v) is 2.15. The van der Waals surface area contributed by atoms with Crippen molar-refractivity contribution in [3.63, 3.8) is 0 Å². The molecule has 0 spiro atoms. The summed E-state index contributed by atoms with van der Waals surface area (Å²) in [5.74, 6) is 0.594. The summed E-state index contributed by atoms with van der Waals surface area (Å²) >= 11 is 3.37. The van der Waals surface area contributed by atoms with Gasteiger partial charge in [-0.3, -0.25) is 4.79 Å². The van der Waals surface area contributed by atoms with Crippen LogP contribution in [0.4, 0.5) is 0 Å². The van der Waals surface area contributed by atoms with Crippen LogP contribution < -0.4 is 4.74 Å². The minimum atomic E-state index is -0.00792.